The van der Waals surface area contributed by atoms with Crippen molar-refractivity contribution >= 4 is 45.7 Å². The van der Waals surface area contributed by atoms with Crippen molar-refractivity contribution in [1.29, 1.82) is 0 Å². The van der Waals surface area contributed by atoms with Gasteiger partial charge in [-0.2, -0.15) is 0 Å². The summed E-state index contributed by atoms with van der Waals surface area (Å²) in [6.07, 6.45) is 0.815. The number of thiophene rings is 1. The molecular formula is C20H21N5O2S2. The normalized spacial score (nSPS) is 11.4. The predicted octanol–water partition coefficient (Wildman–Crippen LogP) is 3.27. The van der Waals surface area contributed by atoms with Crippen molar-refractivity contribution < 1.29 is 4.79 Å². The average molecular weight is 428 g/mol. The molecule has 0 radical (unpaired) electrons. The van der Waals surface area contributed by atoms with Gasteiger partial charge in [-0.05, 0) is 30.0 Å². The van der Waals surface area contributed by atoms with E-state index in [1.165, 1.54) is 11.8 Å². The summed E-state index contributed by atoms with van der Waals surface area (Å²) in [4.78, 5) is 28.3. The van der Waals surface area contributed by atoms with E-state index in [0.717, 1.165) is 16.8 Å². The van der Waals surface area contributed by atoms with Crippen molar-refractivity contribution in [3.05, 3.63) is 57.0 Å². The Balaban J connectivity index is 1.64. The van der Waals surface area contributed by atoms with Gasteiger partial charge in [0, 0.05) is 18.5 Å². The molecule has 9 heteroatoms. The highest BCUT2D eigenvalue weighted by molar-refractivity contribution is 7.99. The van der Waals surface area contributed by atoms with Crippen LogP contribution in [-0.4, -0.2) is 42.8 Å². The van der Waals surface area contributed by atoms with Gasteiger partial charge in [-0.1, -0.05) is 36.9 Å². The molecule has 150 valence electrons. The van der Waals surface area contributed by atoms with Crippen molar-refractivity contribution in [3.8, 4) is 0 Å². The number of hydrogen-bond donors (Lipinski definition) is 0. The van der Waals surface area contributed by atoms with Crippen LogP contribution < -0.4 is 5.56 Å². The Morgan fingerprint density at radius 3 is 2.79 bits per heavy atom. The lowest BCUT2D eigenvalue weighted by Gasteiger charge is -2.15. The summed E-state index contributed by atoms with van der Waals surface area (Å²) in [6.45, 7) is 3.18. The van der Waals surface area contributed by atoms with Crippen LogP contribution in [0.15, 0.2) is 51.7 Å². The Morgan fingerprint density at radius 1 is 1.21 bits per heavy atom. The maximum Gasteiger partial charge on any atom is 0.262 e. The third kappa shape index (κ3) is 3.79. The van der Waals surface area contributed by atoms with Gasteiger partial charge in [0.15, 0.2) is 5.16 Å². The highest BCUT2D eigenvalue weighted by atomic mass is 32.2. The largest absolute Gasteiger partial charge is 0.340 e. The molecule has 3 heterocycles. The number of fused-ring (bicyclic) bond motifs is 3. The summed E-state index contributed by atoms with van der Waals surface area (Å²) < 4.78 is 3.54. The molecule has 29 heavy (non-hydrogen) atoms. The van der Waals surface area contributed by atoms with Gasteiger partial charge in [0.2, 0.25) is 11.7 Å². The first-order chi connectivity index (χ1) is 14.1. The molecule has 0 N–H and O–H groups in total. The molecule has 0 saturated carbocycles. The number of hydrogen-bond acceptors (Lipinski definition) is 6. The number of carbonyl (C=O) groups excluding carboxylic acids is 1. The van der Waals surface area contributed by atoms with Crippen LogP contribution in [0.2, 0.25) is 0 Å². The first kappa shape index (κ1) is 19.7. The molecule has 0 atom stereocenters. The standard InChI is InChI=1S/C20H21N5O2S2/c1-3-10-24-18(27)15-8-4-5-9-16(15)25-19(24)21-22-20(25)29-13-17(26)23(2)12-14-7-6-11-28-14/h4-9,11H,3,10,12-13H2,1-2H3. The topological polar surface area (TPSA) is 72.5 Å². The first-order valence-electron chi connectivity index (χ1n) is 9.36. The van der Waals surface area contributed by atoms with Crippen LogP contribution in [0, 0.1) is 0 Å². The summed E-state index contributed by atoms with van der Waals surface area (Å²) in [5.74, 6) is 0.785. The zero-order valence-corrected chi connectivity index (χ0v) is 17.9. The Bertz CT molecular complexity index is 1210. The third-order valence-electron chi connectivity index (χ3n) is 4.65. The molecule has 0 unspecified atom stereocenters. The minimum Gasteiger partial charge on any atom is -0.340 e. The van der Waals surface area contributed by atoms with Crippen molar-refractivity contribution in [2.24, 2.45) is 0 Å². The molecule has 7 nitrogen and oxygen atoms in total. The van der Waals surface area contributed by atoms with E-state index in [2.05, 4.69) is 10.2 Å². The van der Waals surface area contributed by atoms with Gasteiger partial charge in [-0.15, -0.1) is 21.5 Å². The molecular weight excluding hydrogens is 406 g/mol. The highest BCUT2D eigenvalue weighted by Crippen LogP contribution is 2.22. The van der Waals surface area contributed by atoms with Crippen LogP contribution in [0.3, 0.4) is 0 Å². The number of benzene rings is 1. The van der Waals surface area contributed by atoms with Crippen LogP contribution in [0.4, 0.5) is 0 Å². The van der Waals surface area contributed by atoms with E-state index in [-0.39, 0.29) is 17.2 Å². The Morgan fingerprint density at radius 2 is 2.03 bits per heavy atom. The van der Waals surface area contributed by atoms with Gasteiger partial charge >= 0.3 is 0 Å². The minimum atomic E-state index is -0.0642. The predicted molar refractivity (Wildman–Crippen MR) is 117 cm³/mol. The summed E-state index contributed by atoms with van der Waals surface area (Å²) in [7, 11) is 1.80. The summed E-state index contributed by atoms with van der Waals surface area (Å²) >= 11 is 2.98. The SMILES string of the molecule is CCCn1c(=O)c2ccccc2n2c(SCC(=O)N(C)Cc3cccs3)nnc12. The smallest absolute Gasteiger partial charge is 0.262 e. The number of aromatic nitrogens is 4. The van der Waals surface area contributed by atoms with Gasteiger partial charge < -0.3 is 4.90 Å². The lowest BCUT2D eigenvalue weighted by molar-refractivity contribution is -0.127. The molecule has 4 aromatic rings. The van der Waals surface area contributed by atoms with Crippen molar-refractivity contribution in [2.45, 2.75) is 31.6 Å². The summed E-state index contributed by atoms with van der Waals surface area (Å²) in [5, 5.41) is 11.8. The molecule has 0 bridgehead atoms. The van der Waals surface area contributed by atoms with E-state index >= 15 is 0 Å². The van der Waals surface area contributed by atoms with Gasteiger partial charge in [0.1, 0.15) is 0 Å². The number of nitrogens with zero attached hydrogens (tertiary/aromatic N) is 5. The summed E-state index contributed by atoms with van der Waals surface area (Å²) in [5.41, 5.74) is 0.692. The second-order valence-electron chi connectivity index (χ2n) is 6.71. The quantitative estimate of drug-likeness (QED) is 0.423. The van der Waals surface area contributed by atoms with E-state index in [9.17, 15) is 9.59 Å². The van der Waals surface area contributed by atoms with Crippen LogP contribution in [-0.2, 0) is 17.9 Å². The molecule has 0 spiro atoms. The van der Waals surface area contributed by atoms with Crippen LogP contribution in [0.5, 0.6) is 0 Å². The average Bonchev–Trinajstić information content (AvgIpc) is 3.39. The molecule has 0 aliphatic carbocycles. The van der Waals surface area contributed by atoms with E-state index in [1.807, 2.05) is 53.1 Å². The number of thioether (sulfide) groups is 1. The van der Waals surface area contributed by atoms with Crippen LogP contribution in [0.1, 0.15) is 18.2 Å². The Labute approximate surface area is 176 Å². The van der Waals surface area contributed by atoms with Gasteiger partial charge in [-0.3, -0.25) is 18.6 Å². The van der Waals surface area contributed by atoms with Crippen LogP contribution in [0.25, 0.3) is 16.7 Å². The summed E-state index contributed by atoms with van der Waals surface area (Å²) in [6, 6.07) is 11.4. The number of rotatable bonds is 7. The Hall–Kier alpha value is -2.65. The zero-order valence-electron chi connectivity index (χ0n) is 16.2. The fraction of sp³-hybridized carbons (Fsp3) is 0.300. The van der Waals surface area contributed by atoms with Gasteiger partial charge in [0.05, 0.1) is 23.2 Å². The zero-order chi connectivity index (χ0) is 20.4. The highest BCUT2D eigenvalue weighted by Gasteiger charge is 2.18. The van der Waals surface area contributed by atoms with Crippen LogP contribution >= 0.6 is 23.1 Å². The fourth-order valence-corrected chi connectivity index (χ4v) is 4.85. The maximum absolute atomic E-state index is 12.9. The lowest BCUT2D eigenvalue weighted by Crippen LogP contribution is -2.27. The van der Waals surface area contributed by atoms with E-state index in [1.54, 1.807) is 27.9 Å². The molecule has 4 rings (SSSR count). The second-order valence-corrected chi connectivity index (χ2v) is 8.68. The third-order valence-corrected chi connectivity index (χ3v) is 6.42. The van der Waals surface area contributed by atoms with Gasteiger partial charge in [0.25, 0.3) is 5.56 Å². The van der Waals surface area contributed by atoms with Crippen molar-refractivity contribution in [1.82, 2.24) is 24.1 Å². The molecule has 1 amide bonds. The molecule has 0 saturated heterocycles. The number of amides is 1. The second kappa shape index (κ2) is 8.38. The lowest BCUT2D eigenvalue weighted by atomic mass is 10.2. The fourth-order valence-electron chi connectivity index (χ4n) is 3.21. The molecule has 1 aromatic carbocycles. The maximum atomic E-state index is 12.9. The molecule has 0 aliphatic heterocycles. The van der Waals surface area contributed by atoms with E-state index in [4.69, 9.17) is 0 Å². The Kier molecular flexibility index (Phi) is 5.68. The van der Waals surface area contributed by atoms with E-state index < -0.39 is 0 Å². The molecule has 3 aromatic heterocycles. The van der Waals surface area contributed by atoms with Gasteiger partial charge in [-0.25, -0.2) is 0 Å². The molecule has 0 aliphatic rings. The molecule has 0 fully saturated rings. The van der Waals surface area contributed by atoms with Crippen molar-refractivity contribution in [2.75, 3.05) is 12.8 Å². The van der Waals surface area contributed by atoms with E-state index in [0.29, 0.717) is 29.4 Å². The number of aryl methyl sites for hydroxylation is 1. The number of para-hydroxylation sites is 1. The number of carbonyl (C=O) groups is 1. The first-order valence-corrected chi connectivity index (χ1v) is 11.2. The van der Waals surface area contributed by atoms with Crippen molar-refractivity contribution in [3.63, 3.8) is 0 Å². The minimum absolute atomic E-state index is 0.0198. The monoisotopic (exact) mass is 427 g/mol.